The first-order valence-corrected chi connectivity index (χ1v) is 5.22. The van der Waals surface area contributed by atoms with Gasteiger partial charge in [0, 0.05) is 6.20 Å². The van der Waals surface area contributed by atoms with E-state index in [2.05, 4.69) is 4.98 Å². The summed E-state index contributed by atoms with van der Waals surface area (Å²) in [6.45, 7) is 2.26. The van der Waals surface area contributed by atoms with Gasteiger partial charge in [0.1, 0.15) is 18.4 Å². The molecule has 0 N–H and O–H groups in total. The second-order valence-electron chi connectivity index (χ2n) is 4.09. The lowest BCUT2D eigenvalue weighted by atomic mass is 10.2. The second-order valence-corrected chi connectivity index (χ2v) is 4.09. The Labute approximate surface area is 93.9 Å². The maximum atomic E-state index is 11.4. The fourth-order valence-electron chi connectivity index (χ4n) is 1.54. The number of nitriles is 1. The number of carbonyl (C=O) groups excluding carboxylic acids is 1. The van der Waals surface area contributed by atoms with Crippen molar-refractivity contribution in [1.82, 2.24) is 4.98 Å². The van der Waals surface area contributed by atoms with Crippen LogP contribution >= 0.6 is 0 Å². The second kappa shape index (κ2) is 4.31. The van der Waals surface area contributed by atoms with Crippen molar-refractivity contribution >= 4 is 5.97 Å². The molecular weight excluding hydrogens is 204 g/mol. The predicted molar refractivity (Wildman–Crippen MR) is 56.0 cm³/mol. The van der Waals surface area contributed by atoms with Gasteiger partial charge < -0.3 is 4.74 Å². The summed E-state index contributed by atoms with van der Waals surface area (Å²) in [5, 5.41) is 8.65. The van der Waals surface area contributed by atoms with Gasteiger partial charge in [0.15, 0.2) is 0 Å². The maximum absolute atomic E-state index is 11.4. The Hall–Kier alpha value is -1.89. The summed E-state index contributed by atoms with van der Waals surface area (Å²) >= 11 is 0. The lowest BCUT2D eigenvalue weighted by Crippen LogP contribution is -2.07. The molecule has 2 atom stereocenters. The minimum atomic E-state index is -0.136. The van der Waals surface area contributed by atoms with Crippen LogP contribution in [0.5, 0.6) is 0 Å². The number of pyridine rings is 1. The highest BCUT2D eigenvalue weighted by molar-refractivity contribution is 5.75. The molecule has 1 fully saturated rings. The molecule has 0 aromatic carbocycles. The summed E-state index contributed by atoms with van der Waals surface area (Å²) in [4.78, 5) is 15.3. The number of hydrogen-bond acceptors (Lipinski definition) is 4. The van der Waals surface area contributed by atoms with Crippen molar-refractivity contribution in [3.63, 3.8) is 0 Å². The van der Waals surface area contributed by atoms with E-state index < -0.39 is 0 Å². The van der Waals surface area contributed by atoms with Crippen LogP contribution in [0.1, 0.15) is 24.6 Å². The first kappa shape index (κ1) is 10.6. The standard InChI is InChI=1S/C12H12N2O2/c1-8-4-11(8)12(15)16-7-9-2-3-14-10(5-9)6-13/h2-3,5,8,11H,4,7H2,1H3/t8-,11-/m0/s1. The number of nitrogens with zero attached hydrogens (tertiary/aromatic N) is 2. The van der Waals surface area contributed by atoms with Crippen LogP contribution in [0.25, 0.3) is 0 Å². The summed E-state index contributed by atoms with van der Waals surface area (Å²) in [5.41, 5.74) is 1.14. The molecule has 82 valence electrons. The van der Waals surface area contributed by atoms with Gasteiger partial charge in [-0.1, -0.05) is 6.92 Å². The lowest BCUT2D eigenvalue weighted by molar-refractivity contribution is -0.146. The van der Waals surface area contributed by atoms with Crippen LogP contribution in [0.4, 0.5) is 0 Å². The van der Waals surface area contributed by atoms with Gasteiger partial charge in [-0.2, -0.15) is 5.26 Å². The van der Waals surface area contributed by atoms with Crippen LogP contribution < -0.4 is 0 Å². The molecule has 0 spiro atoms. The molecule has 4 nitrogen and oxygen atoms in total. The highest BCUT2D eigenvalue weighted by Gasteiger charge is 2.40. The molecule has 16 heavy (non-hydrogen) atoms. The number of rotatable bonds is 3. The van der Waals surface area contributed by atoms with Gasteiger partial charge in [-0.05, 0) is 30.0 Å². The first-order valence-electron chi connectivity index (χ1n) is 5.22. The third-order valence-electron chi connectivity index (χ3n) is 2.73. The van der Waals surface area contributed by atoms with Crippen LogP contribution in [0.15, 0.2) is 18.3 Å². The largest absolute Gasteiger partial charge is 0.461 e. The molecule has 1 aliphatic rings. The zero-order valence-corrected chi connectivity index (χ0v) is 9.01. The highest BCUT2D eigenvalue weighted by Crippen LogP contribution is 2.38. The molecule has 1 aromatic rings. The van der Waals surface area contributed by atoms with Crippen molar-refractivity contribution in [2.45, 2.75) is 20.0 Å². The summed E-state index contributed by atoms with van der Waals surface area (Å²) in [5.74, 6) is 0.403. The molecule has 0 bridgehead atoms. The number of hydrogen-bond donors (Lipinski definition) is 0. The number of esters is 1. The summed E-state index contributed by atoms with van der Waals surface area (Å²) in [7, 11) is 0. The van der Waals surface area contributed by atoms with E-state index in [4.69, 9.17) is 10.00 Å². The lowest BCUT2D eigenvalue weighted by Gasteiger charge is -2.03. The van der Waals surface area contributed by atoms with E-state index in [1.165, 1.54) is 0 Å². The molecule has 1 aromatic heterocycles. The Kier molecular flexibility index (Phi) is 2.86. The topological polar surface area (TPSA) is 63.0 Å². The van der Waals surface area contributed by atoms with Crippen molar-refractivity contribution in [2.75, 3.05) is 0 Å². The SMILES string of the molecule is C[C@H]1C[C@@H]1C(=O)OCc1ccnc(C#N)c1. The van der Waals surface area contributed by atoms with Crippen LogP contribution in [-0.4, -0.2) is 11.0 Å². The van der Waals surface area contributed by atoms with Crippen LogP contribution in [-0.2, 0) is 16.1 Å². The molecular formula is C12H12N2O2. The smallest absolute Gasteiger partial charge is 0.309 e. The van der Waals surface area contributed by atoms with Crippen LogP contribution in [0.2, 0.25) is 0 Å². The van der Waals surface area contributed by atoms with Crippen molar-refractivity contribution in [1.29, 1.82) is 5.26 Å². The van der Waals surface area contributed by atoms with Gasteiger partial charge >= 0.3 is 5.97 Å². The van der Waals surface area contributed by atoms with E-state index in [-0.39, 0.29) is 18.5 Å². The van der Waals surface area contributed by atoms with E-state index in [1.807, 2.05) is 13.0 Å². The summed E-state index contributed by atoms with van der Waals surface area (Å²) in [6, 6.07) is 5.31. The maximum Gasteiger partial charge on any atom is 0.309 e. The van der Waals surface area contributed by atoms with E-state index >= 15 is 0 Å². The van der Waals surface area contributed by atoms with Gasteiger partial charge in [-0.25, -0.2) is 4.98 Å². The number of aromatic nitrogens is 1. The van der Waals surface area contributed by atoms with Crippen LogP contribution in [0.3, 0.4) is 0 Å². The first-order chi connectivity index (χ1) is 7.70. The molecule has 0 radical (unpaired) electrons. The molecule has 2 rings (SSSR count). The summed E-state index contributed by atoms with van der Waals surface area (Å²) in [6.07, 6.45) is 2.47. The molecule has 0 amide bonds. The van der Waals surface area contributed by atoms with Crippen molar-refractivity contribution in [3.8, 4) is 6.07 Å². The third kappa shape index (κ3) is 2.37. The normalized spacial score (nSPS) is 22.2. The minimum absolute atomic E-state index is 0.0808. The Morgan fingerprint density at radius 1 is 1.75 bits per heavy atom. The van der Waals surface area contributed by atoms with E-state index in [1.54, 1.807) is 18.3 Å². The zero-order chi connectivity index (χ0) is 11.5. The molecule has 0 unspecified atom stereocenters. The predicted octanol–water partition coefficient (Wildman–Crippen LogP) is 1.65. The molecule has 1 saturated carbocycles. The van der Waals surface area contributed by atoms with Crippen molar-refractivity contribution < 1.29 is 9.53 Å². The summed E-state index contributed by atoms with van der Waals surface area (Å²) < 4.78 is 5.15. The molecule has 0 aliphatic heterocycles. The fraction of sp³-hybridized carbons (Fsp3) is 0.417. The van der Waals surface area contributed by atoms with E-state index in [0.29, 0.717) is 11.6 Å². The van der Waals surface area contributed by atoms with E-state index in [9.17, 15) is 4.79 Å². The molecule has 4 heteroatoms. The number of ether oxygens (including phenoxy) is 1. The quantitative estimate of drug-likeness (QED) is 0.721. The van der Waals surface area contributed by atoms with Gasteiger partial charge in [-0.3, -0.25) is 4.79 Å². The Morgan fingerprint density at radius 3 is 3.12 bits per heavy atom. The third-order valence-corrected chi connectivity index (χ3v) is 2.73. The van der Waals surface area contributed by atoms with Crippen LogP contribution in [0, 0.1) is 23.2 Å². The average Bonchev–Trinajstić information content (AvgIpc) is 3.04. The van der Waals surface area contributed by atoms with Crippen molar-refractivity contribution in [2.24, 2.45) is 11.8 Å². The Balaban J connectivity index is 1.90. The van der Waals surface area contributed by atoms with Gasteiger partial charge in [0.05, 0.1) is 5.92 Å². The van der Waals surface area contributed by atoms with Gasteiger partial charge in [0.25, 0.3) is 0 Å². The van der Waals surface area contributed by atoms with Gasteiger partial charge in [-0.15, -0.1) is 0 Å². The molecule has 1 aliphatic carbocycles. The average molecular weight is 216 g/mol. The highest BCUT2D eigenvalue weighted by atomic mass is 16.5. The zero-order valence-electron chi connectivity index (χ0n) is 9.01. The molecule has 1 heterocycles. The van der Waals surface area contributed by atoms with Gasteiger partial charge in [0.2, 0.25) is 0 Å². The minimum Gasteiger partial charge on any atom is -0.461 e. The number of carbonyl (C=O) groups is 1. The van der Waals surface area contributed by atoms with Crippen molar-refractivity contribution in [3.05, 3.63) is 29.6 Å². The Bertz CT molecular complexity index is 451. The Morgan fingerprint density at radius 2 is 2.50 bits per heavy atom. The molecule has 0 saturated heterocycles. The fourth-order valence-corrected chi connectivity index (χ4v) is 1.54. The van der Waals surface area contributed by atoms with E-state index in [0.717, 1.165) is 12.0 Å². The monoisotopic (exact) mass is 216 g/mol.